The number of thioether (sulfide) groups is 1. The third kappa shape index (κ3) is 3.61. The monoisotopic (exact) mass is 356 g/mol. The van der Waals surface area contributed by atoms with Gasteiger partial charge in [-0.1, -0.05) is 6.07 Å². The molecule has 2 rings (SSSR count). The number of benzene rings is 1. The summed E-state index contributed by atoms with van der Waals surface area (Å²) in [5, 5.41) is 28.5. The number of aromatic nitrogens is 1. The van der Waals surface area contributed by atoms with Gasteiger partial charge >= 0.3 is 0 Å². The Labute approximate surface area is 149 Å². The third-order valence-electron chi connectivity index (χ3n) is 3.42. The predicted octanol–water partition coefficient (Wildman–Crippen LogP) is 2.18. The first-order valence-corrected chi connectivity index (χ1v) is 8.19. The minimum absolute atomic E-state index is 0.0340. The van der Waals surface area contributed by atoms with E-state index in [0.717, 1.165) is 0 Å². The summed E-state index contributed by atoms with van der Waals surface area (Å²) < 4.78 is 10.5. The number of aliphatic hydroxyl groups excluding tert-OH is 1. The maximum Gasteiger partial charge on any atom is 0.161 e. The van der Waals surface area contributed by atoms with Crippen molar-refractivity contribution in [2.75, 3.05) is 32.3 Å². The average molecular weight is 356 g/mol. The van der Waals surface area contributed by atoms with E-state index >= 15 is 0 Å². The van der Waals surface area contributed by atoms with Crippen LogP contribution < -0.4 is 15.2 Å². The molecule has 1 aromatic carbocycles. The van der Waals surface area contributed by atoms with E-state index in [1.165, 1.54) is 26.0 Å². The maximum atomic E-state index is 9.63. The maximum absolute atomic E-state index is 9.63. The highest BCUT2D eigenvalue weighted by molar-refractivity contribution is 7.99. The summed E-state index contributed by atoms with van der Waals surface area (Å²) in [4.78, 5) is 4.14. The Balaban J connectivity index is 2.77. The number of pyridine rings is 1. The van der Waals surface area contributed by atoms with Gasteiger partial charge in [0.25, 0.3) is 0 Å². The van der Waals surface area contributed by atoms with Crippen LogP contribution in [0.25, 0.3) is 11.1 Å². The van der Waals surface area contributed by atoms with Crippen molar-refractivity contribution in [3.05, 3.63) is 29.3 Å². The van der Waals surface area contributed by atoms with Crippen molar-refractivity contribution in [2.45, 2.75) is 5.03 Å². The van der Waals surface area contributed by atoms with E-state index < -0.39 is 0 Å². The Morgan fingerprint density at radius 3 is 2.40 bits per heavy atom. The van der Waals surface area contributed by atoms with Crippen LogP contribution >= 0.6 is 11.8 Å². The molecule has 0 fully saturated rings. The molecule has 0 saturated heterocycles. The predicted molar refractivity (Wildman–Crippen MR) is 94.4 cm³/mol. The van der Waals surface area contributed by atoms with E-state index in [9.17, 15) is 10.5 Å². The fourth-order valence-corrected chi connectivity index (χ4v) is 3.06. The number of ether oxygens (including phenoxy) is 2. The van der Waals surface area contributed by atoms with E-state index in [1.54, 1.807) is 18.2 Å². The zero-order valence-corrected chi connectivity index (χ0v) is 14.6. The molecule has 3 N–H and O–H groups in total. The largest absolute Gasteiger partial charge is 0.493 e. The van der Waals surface area contributed by atoms with Gasteiger partial charge in [0.2, 0.25) is 0 Å². The van der Waals surface area contributed by atoms with Crippen molar-refractivity contribution in [1.82, 2.24) is 4.98 Å². The van der Waals surface area contributed by atoms with Crippen molar-refractivity contribution in [2.24, 2.45) is 0 Å². The van der Waals surface area contributed by atoms with Crippen molar-refractivity contribution in [1.29, 1.82) is 10.5 Å². The summed E-state index contributed by atoms with van der Waals surface area (Å²) in [6, 6.07) is 9.20. The van der Waals surface area contributed by atoms with Gasteiger partial charge in [-0.3, -0.25) is 0 Å². The molecular weight excluding hydrogens is 340 g/mol. The molecule has 2 aromatic rings. The number of rotatable bonds is 6. The van der Waals surface area contributed by atoms with Gasteiger partial charge in [-0.05, 0) is 17.7 Å². The lowest BCUT2D eigenvalue weighted by Gasteiger charge is -2.14. The summed E-state index contributed by atoms with van der Waals surface area (Å²) in [7, 11) is 3.02. The molecule has 0 unspecified atom stereocenters. The second kappa shape index (κ2) is 8.25. The second-order valence-corrected chi connectivity index (χ2v) is 5.88. The quantitative estimate of drug-likeness (QED) is 0.754. The zero-order valence-electron chi connectivity index (χ0n) is 13.7. The summed E-state index contributed by atoms with van der Waals surface area (Å²) >= 11 is 1.20. The molecule has 0 bridgehead atoms. The number of hydrogen-bond acceptors (Lipinski definition) is 8. The summed E-state index contributed by atoms with van der Waals surface area (Å²) in [5.41, 5.74) is 7.25. The number of anilines is 1. The molecule has 0 amide bonds. The molecule has 128 valence electrons. The first-order valence-electron chi connectivity index (χ1n) is 7.20. The minimum atomic E-state index is -0.0667. The molecule has 25 heavy (non-hydrogen) atoms. The SMILES string of the molecule is COc1ccc(-c2c(C#N)c(N)nc(SCCO)c2C#N)cc1OC. The molecule has 0 atom stereocenters. The van der Waals surface area contributed by atoms with Crippen LogP contribution in [-0.2, 0) is 0 Å². The van der Waals surface area contributed by atoms with Crippen molar-refractivity contribution >= 4 is 17.6 Å². The second-order valence-electron chi connectivity index (χ2n) is 4.79. The van der Waals surface area contributed by atoms with Gasteiger partial charge in [0, 0.05) is 11.3 Å². The molecule has 1 aromatic heterocycles. The van der Waals surface area contributed by atoms with E-state index in [0.29, 0.717) is 33.4 Å². The van der Waals surface area contributed by atoms with Crippen LogP contribution in [-0.4, -0.2) is 36.7 Å². The van der Waals surface area contributed by atoms with Crippen LogP contribution in [0.4, 0.5) is 5.82 Å². The highest BCUT2D eigenvalue weighted by Gasteiger charge is 2.21. The Hall–Kier alpha value is -2.94. The van der Waals surface area contributed by atoms with Gasteiger partial charge in [-0.15, -0.1) is 11.8 Å². The van der Waals surface area contributed by atoms with Gasteiger partial charge in [0.05, 0.1) is 26.4 Å². The van der Waals surface area contributed by atoms with Crippen molar-refractivity contribution in [3.63, 3.8) is 0 Å². The van der Waals surface area contributed by atoms with Crippen molar-refractivity contribution < 1.29 is 14.6 Å². The summed E-state index contributed by atoms with van der Waals surface area (Å²) in [6.07, 6.45) is 0. The number of nitrogen functional groups attached to an aromatic ring is 1. The van der Waals surface area contributed by atoms with E-state index in [4.69, 9.17) is 20.3 Å². The fourth-order valence-electron chi connectivity index (χ4n) is 2.33. The lowest BCUT2D eigenvalue weighted by molar-refractivity contribution is 0.322. The molecule has 0 aliphatic carbocycles. The zero-order chi connectivity index (χ0) is 18.4. The average Bonchev–Trinajstić information content (AvgIpc) is 2.64. The van der Waals surface area contributed by atoms with Crippen LogP contribution in [0.5, 0.6) is 11.5 Å². The number of nitrogens with two attached hydrogens (primary N) is 1. The molecule has 0 saturated carbocycles. The molecule has 0 aliphatic rings. The van der Waals surface area contributed by atoms with E-state index in [-0.39, 0.29) is 23.6 Å². The van der Waals surface area contributed by atoms with Crippen LogP contribution in [0.2, 0.25) is 0 Å². The lowest BCUT2D eigenvalue weighted by atomic mass is 9.96. The summed E-state index contributed by atoms with van der Waals surface area (Å²) in [5.74, 6) is 1.39. The Morgan fingerprint density at radius 1 is 1.16 bits per heavy atom. The lowest BCUT2D eigenvalue weighted by Crippen LogP contribution is -2.04. The first-order chi connectivity index (χ1) is 12.1. The first kappa shape index (κ1) is 18.4. The molecular formula is C17H16N4O3S. The number of nitrogens with zero attached hydrogens (tertiary/aromatic N) is 3. The number of hydrogen-bond donors (Lipinski definition) is 2. The van der Waals surface area contributed by atoms with Gasteiger partial charge in [-0.25, -0.2) is 4.98 Å². The molecule has 7 nitrogen and oxygen atoms in total. The topological polar surface area (TPSA) is 125 Å². The fraction of sp³-hybridized carbons (Fsp3) is 0.235. The van der Waals surface area contributed by atoms with Crippen molar-refractivity contribution in [3.8, 4) is 34.8 Å². The highest BCUT2D eigenvalue weighted by Crippen LogP contribution is 2.39. The molecule has 0 aliphatic heterocycles. The van der Waals surface area contributed by atoms with Crippen LogP contribution in [0, 0.1) is 22.7 Å². The molecule has 1 heterocycles. The van der Waals surface area contributed by atoms with Gasteiger partial charge < -0.3 is 20.3 Å². The summed E-state index contributed by atoms with van der Waals surface area (Å²) in [6.45, 7) is -0.0667. The normalized spacial score (nSPS) is 9.96. The molecule has 0 spiro atoms. The minimum Gasteiger partial charge on any atom is -0.493 e. The number of aliphatic hydroxyl groups is 1. The van der Waals surface area contributed by atoms with Gasteiger partial charge in [0.15, 0.2) is 11.5 Å². The Kier molecular flexibility index (Phi) is 6.07. The van der Waals surface area contributed by atoms with Crippen LogP contribution in [0.1, 0.15) is 11.1 Å². The smallest absolute Gasteiger partial charge is 0.161 e. The highest BCUT2D eigenvalue weighted by atomic mass is 32.2. The third-order valence-corrected chi connectivity index (χ3v) is 4.37. The number of methoxy groups -OCH3 is 2. The van der Waals surface area contributed by atoms with E-state index in [2.05, 4.69) is 11.1 Å². The van der Waals surface area contributed by atoms with Gasteiger partial charge in [-0.2, -0.15) is 10.5 Å². The number of nitriles is 2. The Bertz CT molecular complexity index is 872. The standard InChI is InChI=1S/C17H16N4O3S/c1-23-13-4-3-10(7-14(13)24-2)15-11(8-18)16(20)21-17(12(15)9-19)25-6-5-22/h3-4,7,22H,5-6H2,1-2H3,(H2,20,21). The molecule has 8 heteroatoms. The Morgan fingerprint density at radius 2 is 1.84 bits per heavy atom. The van der Waals surface area contributed by atoms with Gasteiger partial charge in [0.1, 0.15) is 28.5 Å². The van der Waals surface area contributed by atoms with E-state index in [1.807, 2.05) is 6.07 Å². The van der Waals surface area contributed by atoms with Crippen LogP contribution in [0.15, 0.2) is 23.2 Å². The molecule has 0 radical (unpaired) electrons. The van der Waals surface area contributed by atoms with Crippen LogP contribution in [0.3, 0.4) is 0 Å².